The summed E-state index contributed by atoms with van der Waals surface area (Å²) in [4.78, 5) is 66.7. The lowest BCUT2D eigenvalue weighted by Crippen LogP contribution is -2.41. The number of alkyl halides is 6. The van der Waals surface area contributed by atoms with E-state index in [9.17, 15) is 71.9 Å². The van der Waals surface area contributed by atoms with Crippen molar-refractivity contribution < 1.29 is 105 Å². The number of hydrogen-bond acceptors (Lipinski definition) is 14. The number of hydrogen-bond donors (Lipinski definition) is 4. The van der Waals surface area contributed by atoms with Crippen LogP contribution in [0.2, 0.25) is 0 Å². The minimum absolute atomic E-state index is 0.0318. The third kappa shape index (κ3) is 16.9. The van der Waals surface area contributed by atoms with Crippen molar-refractivity contribution in [1.82, 2.24) is 35.4 Å². The lowest BCUT2D eigenvalue weighted by atomic mass is 10.0. The molecule has 8 rings (SSSR count). The second-order valence-corrected chi connectivity index (χ2v) is 21.8. The largest absolute Gasteiger partial charge is 0.483 e. The molecule has 0 radical (unpaired) electrons. The molecule has 19 nitrogen and oxygen atoms in total. The van der Waals surface area contributed by atoms with Crippen molar-refractivity contribution >= 4 is 30.5 Å². The zero-order valence-corrected chi connectivity index (χ0v) is 45.0. The van der Waals surface area contributed by atoms with Crippen molar-refractivity contribution in [2.24, 2.45) is 5.73 Å². The van der Waals surface area contributed by atoms with E-state index in [-0.39, 0.29) is 80.2 Å². The predicted molar refractivity (Wildman–Crippen MR) is 258 cm³/mol. The molecule has 0 bridgehead atoms. The smallest absolute Gasteiger partial charge is 0.410 e. The highest BCUT2D eigenvalue weighted by Gasteiger charge is 2.68. The van der Waals surface area contributed by atoms with E-state index < -0.39 is 130 Å². The number of nitrogens with two attached hydrogens (primary N) is 1. The quantitative estimate of drug-likeness (QED) is 0.0551. The Balaban J connectivity index is 0.000000224. The lowest BCUT2D eigenvalue weighted by Gasteiger charge is -2.27. The van der Waals surface area contributed by atoms with Crippen LogP contribution >= 0.6 is 0 Å². The van der Waals surface area contributed by atoms with Gasteiger partial charge in [0.1, 0.15) is 45.8 Å². The summed E-state index contributed by atoms with van der Waals surface area (Å²) in [5, 5.41) is 25.1. The molecule has 3 amide bonds. The van der Waals surface area contributed by atoms with Crippen LogP contribution in [0.4, 0.5) is 62.3 Å². The van der Waals surface area contributed by atoms with Gasteiger partial charge in [-0.2, -0.15) is 36.3 Å². The molecule has 4 aromatic rings. The summed E-state index contributed by atoms with van der Waals surface area (Å²) in [6.07, 6.45) is -9.61. The minimum Gasteiger partial charge on any atom is -0.483 e. The van der Waals surface area contributed by atoms with E-state index in [1.54, 1.807) is 41.5 Å². The van der Waals surface area contributed by atoms with Crippen LogP contribution < -0.4 is 11.1 Å². The van der Waals surface area contributed by atoms with Crippen molar-refractivity contribution in [2.45, 2.75) is 177 Å². The monoisotopic (exact) mass is 1190 g/mol. The zero-order chi connectivity index (χ0) is 61.5. The van der Waals surface area contributed by atoms with Gasteiger partial charge in [0.15, 0.2) is 34.9 Å². The molecule has 454 valence electrons. The first kappa shape index (κ1) is 65.6. The van der Waals surface area contributed by atoms with Gasteiger partial charge in [0.2, 0.25) is 17.7 Å². The fourth-order valence-electron chi connectivity index (χ4n) is 8.79. The van der Waals surface area contributed by atoms with Crippen LogP contribution in [0.5, 0.6) is 0 Å². The molecule has 4 fully saturated rings. The third-order valence-corrected chi connectivity index (χ3v) is 13.1. The van der Waals surface area contributed by atoms with Gasteiger partial charge in [-0.15, -0.1) is 0 Å². The maximum Gasteiger partial charge on any atom is 0.410 e. The van der Waals surface area contributed by atoms with Crippen molar-refractivity contribution in [3.8, 4) is 0 Å². The Morgan fingerprint density at radius 1 is 0.683 bits per heavy atom. The van der Waals surface area contributed by atoms with Gasteiger partial charge in [0, 0.05) is 43.7 Å². The summed E-state index contributed by atoms with van der Waals surface area (Å²) < 4.78 is 180. The molecule has 2 aromatic heterocycles. The van der Waals surface area contributed by atoms with Gasteiger partial charge < -0.3 is 44.7 Å². The molecule has 2 saturated heterocycles. The first-order valence-corrected chi connectivity index (χ1v) is 25.4. The summed E-state index contributed by atoms with van der Waals surface area (Å²) in [5.41, 5.74) is -0.000788. The number of aliphatic carboxylic acids is 1. The van der Waals surface area contributed by atoms with Gasteiger partial charge in [0.25, 0.3) is 6.47 Å². The summed E-state index contributed by atoms with van der Waals surface area (Å²) in [6, 6.07) is -1.03. The highest BCUT2D eigenvalue weighted by molar-refractivity contribution is 5.77. The average molecular weight is 1190 g/mol. The van der Waals surface area contributed by atoms with Crippen LogP contribution in [0.25, 0.3) is 0 Å². The topological polar surface area (TPSA) is 267 Å². The molecule has 4 atom stereocenters. The number of carbonyl (C=O) groups excluding carboxylic acids is 3. The van der Waals surface area contributed by atoms with Crippen molar-refractivity contribution in [3.05, 3.63) is 93.7 Å². The zero-order valence-electron chi connectivity index (χ0n) is 45.0. The van der Waals surface area contributed by atoms with Gasteiger partial charge in [-0.25, -0.2) is 35.9 Å². The average Bonchev–Trinajstić information content (AvgIpc) is 3.99. The fraction of sp³-hybridized carbons (Fsp3) is 0.588. The van der Waals surface area contributed by atoms with Crippen LogP contribution in [0.15, 0.2) is 33.3 Å². The first-order chi connectivity index (χ1) is 37.9. The van der Waals surface area contributed by atoms with E-state index >= 15 is 0 Å². The Labute approximate surface area is 460 Å². The lowest BCUT2D eigenvalue weighted by molar-refractivity contribution is -0.163. The predicted octanol–water partition coefficient (Wildman–Crippen LogP) is 10.2. The van der Waals surface area contributed by atoms with Crippen LogP contribution in [0.3, 0.4) is 0 Å². The Morgan fingerprint density at radius 3 is 1.49 bits per heavy atom. The van der Waals surface area contributed by atoms with Gasteiger partial charge >= 0.3 is 30.5 Å². The molecular weight excluding hydrogens is 1130 g/mol. The Hall–Kier alpha value is -7.21. The Bertz CT molecular complexity index is 2900. The van der Waals surface area contributed by atoms with Crippen LogP contribution in [-0.4, -0.2) is 120 Å². The van der Waals surface area contributed by atoms with Crippen molar-refractivity contribution in [2.75, 3.05) is 13.1 Å². The highest BCUT2D eigenvalue weighted by Crippen LogP contribution is 2.59. The number of likely N-dealkylation sites (tertiary alicyclic amines) is 2. The molecule has 82 heavy (non-hydrogen) atoms. The molecule has 2 aliphatic carbocycles. The van der Waals surface area contributed by atoms with E-state index in [2.05, 4.69) is 25.6 Å². The number of nitrogens with one attached hydrogen (secondary N) is 1. The van der Waals surface area contributed by atoms with E-state index in [0.29, 0.717) is 63.0 Å². The van der Waals surface area contributed by atoms with Crippen LogP contribution in [0.1, 0.15) is 152 Å². The number of alkyl carbamates (subject to hydrolysis) is 1. The number of carboxylic acid groups (broad SMARTS) is 2. The Kier molecular flexibility index (Phi) is 20.7. The maximum atomic E-state index is 13.8. The van der Waals surface area contributed by atoms with Gasteiger partial charge in [-0.1, -0.05) is 10.3 Å². The van der Waals surface area contributed by atoms with E-state index in [0.717, 1.165) is 0 Å². The molecule has 5 N–H and O–H groups in total. The van der Waals surface area contributed by atoms with Crippen molar-refractivity contribution in [3.63, 3.8) is 0 Å². The number of carboxylic acids is 1. The standard InChI is InChI=1S/C20H20F6N4O2.C15H20F3N3O3.C15H18F3NO4.CH2O2/c21-12-9-14(23)13(22)7-10(12)6-11(27)8-16(31)30-5-1-2-15(30)17-28-18(29-32-17)19(3-4-19)20(24,25)26;1-13(2,3)23-12(22)21-8-4-5-9(21)10-19-11(20-24-10)14(6-7-14)15(16,17)18;1-15(2,3)23-14(22)19-9(6-13(20)21)4-8-5-11(17)12(18)7-10(8)16;2-1-3/h7,9,11,15H,1-6,8,27H2;9H,4-8H2,1-3H3;5,7,9H,4,6H2,1-3H3,(H,19,22)(H,20,21);1H,(H,2,3)/t11-,15+;2*9-;/m101./s1. The number of benzene rings is 2. The van der Waals surface area contributed by atoms with Crippen LogP contribution in [-0.2, 0) is 47.5 Å². The number of aromatic nitrogens is 4. The van der Waals surface area contributed by atoms with Gasteiger partial charge in [-0.3, -0.25) is 19.3 Å². The molecule has 0 spiro atoms. The number of halogens is 12. The summed E-state index contributed by atoms with van der Waals surface area (Å²) in [5.74, 6) is -9.60. The SMILES string of the molecule is CC(C)(C)OC(=O)N1CCC[C@H]1c1nc(C2(C(F)(F)F)CC2)no1.CC(C)(C)OC(=O)N[C@@H](CC(=O)O)Cc1cc(F)c(F)cc1F.N[C@@H](CC(=O)N1CCC[C@H]1c1nc(C2(C(F)(F)F)CC2)no1)Cc1cc(F)c(F)cc1F.O=CO. The third-order valence-electron chi connectivity index (χ3n) is 13.1. The highest BCUT2D eigenvalue weighted by atomic mass is 19.4. The summed E-state index contributed by atoms with van der Waals surface area (Å²) in [7, 11) is 0. The number of nitrogens with zero attached hydrogens (tertiary/aromatic N) is 6. The second-order valence-electron chi connectivity index (χ2n) is 21.8. The second kappa shape index (κ2) is 25.9. The molecule has 2 aliphatic heterocycles. The van der Waals surface area contributed by atoms with E-state index in [1.165, 1.54) is 9.80 Å². The Morgan fingerprint density at radius 2 is 1.09 bits per heavy atom. The molecular formula is C51H60F12N8O11. The number of rotatable bonds is 13. The van der Waals surface area contributed by atoms with Crippen molar-refractivity contribution in [1.29, 1.82) is 0 Å². The molecule has 2 aromatic carbocycles. The number of ether oxygens (including phenoxy) is 2. The normalized spacial score (nSPS) is 18.8. The molecule has 4 heterocycles. The van der Waals surface area contributed by atoms with Crippen LogP contribution in [0, 0.1) is 34.9 Å². The van der Waals surface area contributed by atoms with Gasteiger partial charge in [0.05, 0.1) is 6.42 Å². The molecule has 31 heteroatoms. The number of amides is 3. The summed E-state index contributed by atoms with van der Waals surface area (Å²) in [6.45, 7) is 10.6. The minimum atomic E-state index is -4.48. The number of carbonyl (C=O) groups is 5. The first-order valence-electron chi connectivity index (χ1n) is 25.4. The summed E-state index contributed by atoms with van der Waals surface area (Å²) >= 11 is 0. The fourth-order valence-corrected chi connectivity index (χ4v) is 8.79. The molecule has 4 aliphatic rings. The van der Waals surface area contributed by atoms with E-state index in [1.807, 2.05) is 0 Å². The maximum absolute atomic E-state index is 13.8. The molecule has 0 unspecified atom stereocenters. The molecule has 2 saturated carbocycles. The van der Waals surface area contributed by atoms with E-state index in [4.69, 9.17) is 39.3 Å². The van der Waals surface area contributed by atoms with Gasteiger partial charge in [-0.05, 0) is 129 Å².